The Balaban J connectivity index is 2.16. The van der Waals surface area contributed by atoms with Crippen molar-refractivity contribution in [2.24, 2.45) is 0 Å². The summed E-state index contributed by atoms with van der Waals surface area (Å²) in [5, 5.41) is 0. The second-order valence-electron chi connectivity index (χ2n) is 4.57. The fourth-order valence-corrected chi connectivity index (χ4v) is 2.81. The van der Waals surface area contributed by atoms with Crippen LogP contribution in [0.5, 0.6) is 5.75 Å². The molecule has 0 radical (unpaired) electrons. The van der Waals surface area contributed by atoms with Crippen molar-refractivity contribution in [3.63, 3.8) is 0 Å². The number of methoxy groups -OCH3 is 1. The maximum atomic E-state index is 5.55. The summed E-state index contributed by atoms with van der Waals surface area (Å²) in [4.78, 5) is 6.61. The van der Waals surface area contributed by atoms with Gasteiger partial charge in [0.2, 0.25) is 0 Å². The van der Waals surface area contributed by atoms with E-state index in [1.54, 1.807) is 7.11 Å². The van der Waals surface area contributed by atoms with E-state index in [0.717, 1.165) is 27.2 Å². The lowest BCUT2D eigenvalue weighted by Crippen LogP contribution is -2.06. The van der Waals surface area contributed by atoms with Gasteiger partial charge in [0, 0.05) is 33.8 Å². The predicted molar refractivity (Wildman–Crippen MR) is 83.2 cm³/mol. The minimum absolute atomic E-state index is 0.100. The number of benzene rings is 1. The van der Waals surface area contributed by atoms with Gasteiger partial charge in [0.25, 0.3) is 0 Å². The summed E-state index contributed by atoms with van der Waals surface area (Å²) in [7, 11) is 1.70. The molecule has 2 N–H and O–H groups in total. The predicted octanol–water partition coefficient (Wildman–Crippen LogP) is 4.29. The number of aromatic amines is 2. The van der Waals surface area contributed by atoms with Crippen molar-refractivity contribution in [1.29, 1.82) is 0 Å². The quantitative estimate of drug-likeness (QED) is 0.735. The summed E-state index contributed by atoms with van der Waals surface area (Å²) < 4.78 is 6.55. The van der Waals surface area contributed by atoms with Gasteiger partial charge in [0.1, 0.15) is 5.75 Å². The number of ether oxygens (including phenoxy) is 1. The summed E-state index contributed by atoms with van der Waals surface area (Å²) in [5.41, 5.74) is 3.39. The molecule has 0 aliphatic carbocycles. The van der Waals surface area contributed by atoms with Crippen LogP contribution in [0.1, 0.15) is 22.9 Å². The molecule has 3 nitrogen and oxygen atoms in total. The van der Waals surface area contributed by atoms with E-state index < -0.39 is 0 Å². The molecule has 0 unspecified atom stereocenters. The van der Waals surface area contributed by atoms with Crippen LogP contribution in [0.2, 0.25) is 0 Å². The van der Waals surface area contributed by atoms with Crippen LogP contribution in [-0.4, -0.2) is 17.1 Å². The molecule has 0 atom stereocenters. The second kappa shape index (κ2) is 5.59. The maximum absolute atomic E-state index is 5.55. The monoisotopic (exact) mass is 330 g/mol. The Morgan fingerprint density at radius 2 is 1.65 bits per heavy atom. The summed E-state index contributed by atoms with van der Waals surface area (Å²) >= 11 is 3.49. The van der Waals surface area contributed by atoms with Crippen molar-refractivity contribution in [1.82, 2.24) is 9.97 Å². The number of aromatic nitrogens is 2. The van der Waals surface area contributed by atoms with Crippen LogP contribution in [0.3, 0.4) is 0 Å². The number of hydrogen-bond donors (Lipinski definition) is 2. The lowest BCUT2D eigenvalue weighted by atomic mass is 9.92. The molecule has 1 aromatic carbocycles. The highest BCUT2D eigenvalue weighted by atomic mass is 79.9. The Bertz CT molecular complexity index is 640. The highest BCUT2D eigenvalue weighted by molar-refractivity contribution is 9.10. The van der Waals surface area contributed by atoms with Crippen LogP contribution in [0.25, 0.3) is 0 Å². The van der Waals surface area contributed by atoms with Crippen molar-refractivity contribution >= 4 is 15.9 Å². The lowest BCUT2D eigenvalue weighted by molar-refractivity contribution is 0.408. The van der Waals surface area contributed by atoms with Crippen molar-refractivity contribution < 1.29 is 4.74 Å². The van der Waals surface area contributed by atoms with Gasteiger partial charge in [-0.3, -0.25) is 0 Å². The Hall–Kier alpha value is -1.94. The molecule has 0 aliphatic rings. The molecule has 0 spiro atoms. The molecular formula is C16H15BrN2O. The Labute approximate surface area is 126 Å². The van der Waals surface area contributed by atoms with Gasteiger partial charge in [-0.15, -0.1) is 0 Å². The summed E-state index contributed by atoms with van der Waals surface area (Å²) in [5.74, 6) is 0.969. The summed E-state index contributed by atoms with van der Waals surface area (Å²) in [6, 6.07) is 14.3. The third kappa shape index (κ3) is 2.39. The fourth-order valence-electron chi connectivity index (χ4n) is 2.47. The van der Waals surface area contributed by atoms with Crippen LogP contribution >= 0.6 is 15.9 Å². The van der Waals surface area contributed by atoms with Crippen molar-refractivity contribution in [2.45, 2.75) is 5.92 Å². The van der Waals surface area contributed by atoms with Gasteiger partial charge in [-0.2, -0.15) is 0 Å². The minimum atomic E-state index is 0.100. The number of hydrogen-bond acceptors (Lipinski definition) is 1. The smallest absolute Gasteiger partial charge is 0.124 e. The number of H-pyrrole nitrogens is 2. The molecule has 0 aliphatic heterocycles. The molecule has 3 aromatic rings. The number of rotatable bonds is 4. The van der Waals surface area contributed by atoms with Gasteiger partial charge < -0.3 is 14.7 Å². The highest BCUT2D eigenvalue weighted by Gasteiger charge is 2.22. The average Bonchev–Trinajstić information content (AvgIpc) is 3.14. The van der Waals surface area contributed by atoms with E-state index in [2.05, 4.69) is 44.1 Å². The molecule has 4 heteroatoms. The lowest BCUT2D eigenvalue weighted by Gasteiger charge is -2.18. The third-order valence-corrected chi connectivity index (χ3v) is 3.87. The average molecular weight is 331 g/mol. The Morgan fingerprint density at radius 1 is 1.00 bits per heavy atom. The van der Waals surface area contributed by atoms with E-state index in [4.69, 9.17) is 4.74 Å². The fraction of sp³-hybridized carbons (Fsp3) is 0.125. The minimum Gasteiger partial charge on any atom is -0.496 e. The van der Waals surface area contributed by atoms with Crippen LogP contribution in [0.4, 0.5) is 0 Å². The van der Waals surface area contributed by atoms with Gasteiger partial charge in [-0.1, -0.05) is 22.0 Å². The second-order valence-corrected chi connectivity index (χ2v) is 5.49. The molecule has 2 aromatic heterocycles. The molecule has 0 amide bonds. The number of nitrogens with one attached hydrogen (secondary N) is 2. The van der Waals surface area contributed by atoms with Gasteiger partial charge in [0.15, 0.2) is 0 Å². The van der Waals surface area contributed by atoms with E-state index >= 15 is 0 Å². The van der Waals surface area contributed by atoms with Gasteiger partial charge in [-0.05, 0) is 36.4 Å². The molecule has 20 heavy (non-hydrogen) atoms. The van der Waals surface area contributed by atoms with Gasteiger partial charge in [0.05, 0.1) is 13.0 Å². The standard InChI is InChI=1S/C16H15BrN2O/c1-20-15-10-11(17)6-7-12(15)16(13-4-2-8-18-13)14-5-3-9-19-14/h2-10,16,18-19H,1H3. The van der Waals surface area contributed by atoms with Crippen molar-refractivity contribution in [3.8, 4) is 5.75 Å². The van der Waals surface area contributed by atoms with E-state index in [0.29, 0.717) is 0 Å². The topological polar surface area (TPSA) is 40.8 Å². The normalized spacial score (nSPS) is 10.9. The number of halogens is 1. The zero-order valence-corrected chi connectivity index (χ0v) is 12.6. The van der Waals surface area contributed by atoms with Crippen LogP contribution in [-0.2, 0) is 0 Å². The van der Waals surface area contributed by atoms with Gasteiger partial charge in [-0.25, -0.2) is 0 Å². The maximum Gasteiger partial charge on any atom is 0.124 e. The first-order valence-electron chi connectivity index (χ1n) is 6.39. The van der Waals surface area contributed by atoms with E-state index in [1.807, 2.05) is 36.7 Å². The van der Waals surface area contributed by atoms with Crippen molar-refractivity contribution in [3.05, 3.63) is 76.3 Å². The first-order valence-corrected chi connectivity index (χ1v) is 7.19. The zero-order chi connectivity index (χ0) is 13.9. The first kappa shape index (κ1) is 13.1. The van der Waals surface area contributed by atoms with Crippen LogP contribution < -0.4 is 4.74 Å². The molecule has 2 heterocycles. The zero-order valence-electron chi connectivity index (χ0n) is 11.1. The Morgan fingerprint density at radius 3 is 2.15 bits per heavy atom. The van der Waals surface area contributed by atoms with Crippen molar-refractivity contribution in [2.75, 3.05) is 7.11 Å². The molecule has 102 valence electrons. The third-order valence-electron chi connectivity index (χ3n) is 3.37. The summed E-state index contributed by atoms with van der Waals surface area (Å²) in [6.45, 7) is 0. The largest absolute Gasteiger partial charge is 0.496 e. The summed E-state index contributed by atoms with van der Waals surface area (Å²) in [6.07, 6.45) is 3.88. The Kier molecular flexibility index (Phi) is 3.65. The molecule has 0 saturated carbocycles. The molecule has 3 rings (SSSR count). The highest BCUT2D eigenvalue weighted by Crippen LogP contribution is 2.37. The van der Waals surface area contributed by atoms with E-state index in [-0.39, 0.29) is 5.92 Å². The van der Waals surface area contributed by atoms with E-state index in [9.17, 15) is 0 Å². The first-order chi connectivity index (χ1) is 9.79. The SMILES string of the molecule is COc1cc(Br)ccc1C(c1ccc[nH]1)c1ccc[nH]1. The molecular weight excluding hydrogens is 316 g/mol. The molecule has 0 bridgehead atoms. The molecule has 0 fully saturated rings. The van der Waals surface area contributed by atoms with Gasteiger partial charge >= 0.3 is 0 Å². The van der Waals surface area contributed by atoms with Crippen LogP contribution in [0.15, 0.2) is 59.3 Å². The molecule has 0 saturated heterocycles. The van der Waals surface area contributed by atoms with E-state index in [1.165, 1.54) is 0 Å². The van der Waals surface area contributed by atoms with Crippen LogP contribution in [0, 0.1) is 0 Å².